The molecule has 2 atom stereocenters. The third-order valence-corrected chi connectivity index (χ3v) is 3.49. The second-order valence-electron chi connectivity index (χ2n) is 4.49. The Morgan fingerprint density at radius 3 is 2.62 bits per heavy atom. The molecular formula is C14H21NO. The summed E-state index contributed by atoms with van der Waals surface area (Å²) in [5.41, 5.74) is 2.79. The van der Waals surface area contributed by atoms with Crippen molar-refractivity contribution in [2.75, 3.05) is 20.3 Å². The fourth-order valence-corrected chi connectivity index (χ4v) is 2.45. The summed E-state index contributed by atoms with van der Waals surface area (Å²) in [6.07, 6.45) is 2.28. The maximum atomic E-state index is 5.47. The van der Waals surface area contributed by atoms with Crippen molar-refractivity contribution >= 4 is 0 Å². The van der Waals surface area contributed by atoms with Gasteiger partial charge in [-0.3, -0.25) is 0 Å². The number of aryl methyl sites for hydroxylation is 1. The molecule has 1 heterocycles. The average molecular weight is 219 g/mol. The number of ether oxygens (including phenoxy) is 1. The van der Waals surface area contributed by atoms with Crippen molar-refractivity contribution in [3.8, 4) is 0 Å². The smallest absolute Gasteiger partial charge is 0.0513 e. The van der Waals surface area contributed by atoms with Gasteiger partial charge in [0.1, 0.15) is 0 Å². The van der Waals surface area contributed by atoms with Crippen LogP contribution in [-0.2, 0) is 11.2 Å². The van der Waals surface area contributed by atoms with Gasteiger partial charge in [0.2, 0.25) is 0 Å². The Labute approximate surface area is 98.0 Å². The van der Waals surface area contributed by atoms with E-state index in [0.717, 1.165) is 19.6 Å². The fourth-order valence-electron chi connectivity index (χ4n) is 2.45. The highest BCUT2D eigenvalue weighted by molar-refractivity contribution is 5.25. The Balaban J connectivity index is 2.12. The van der Waals surface area contributed by atoms with Crippen LogP contribution in [0.4, 0.5) is 0 Å². The predicted molar refractivity (Wildman–Crippen MR) is 66.5 cm³/mol. The summed E-state index contributed by atoms with van der Waals surface area (Å²) < 4.78 is 5.47. The molecule has 1 fully saturated rings. The molecule has 88 valence electrons. The summed E-state index contributed by atoms with van der Waals surface area (Å²) in [5, 5.41) is 3.42. The van der Waals surface area contributed by atoms with Gasteiger partial charge in [0, 0.05) is 18.6 Å². The van der Waals surface area contributed by atoms with Crippen LogP contribution in [0.3, 0.4) is 0 Å². The maximum absolute atomic E-state index is 5.47. The normalized spacial score (nSPS) is 22.2. The minimum absolute atomic E-state index is 0.438. The SMILES string of the molecule is CCc1ccc(C(NC)C2CCOC2)cc1. The Bertz CT molecular complexity index is 314. The Kier molecular flexibility index (Phi) is 3.97. The van der Waals surface area contributed by atoms with E-state index in [1.165, 1.54) is 17.5 Å². The zero-order valence-corrected chi connectivity index (χ0v) is 10.2. The largest absolute Gasteiger partial charge is 0.381 e. The van der Waals surface area contributed by atoms with Gasteiger partial charge in [-0.2, -0.15) is 0 Å². The first-order valence-electron chi connectivity index (χ1n) is 6.19. The molecule has 1 N–H and O–H groups in total. The molecule has 1 aromatic carbocycles. The molecule has 0 aromatic heterocycles. The van der Waals surface area contributed by atoms with Gasteiger partial charge >= 0.3 is 0 Å². The highest BCUT2D eigenvalue weighted by Crippen LogP contribution is 2.28. The van der Waals surface area contributed by atoms with Crippen molar-refractivity contribution in [3.05, 3.63) is 35.4 Å². The van der Waals surface area contributed by atoms with E-state index < -0.39 is 0 Å². The number of rotatable bonds is 4. The number of benzene rings is 1. The fraction of sp³-hybridized carbons (Fsp3) is 0.571. The summed E-state index contributed by atoms with van der Waals surface area (Å²) >= 11 is 0. The van der Waals surface area contributed by atoms with Crippen LogP contribution in [0.1, 0.15) is 30.5 Å². The first-order valence-corrected chi connectivity index (χ1v) is 6.19. The van der Waals surface area contributed by atoms with E-state index in [2.05, 4.69) is 36.5 Å². The van der Waals surface area contributed by atoms with Crippen LogP contribution in [0.15, 0.2) is 24.3 Å². The lowest BCUT2D eigenvalue weighted by atomic mass is 9.92. The van der Waals surface area contributed by atoms with Crippen molar-refractivity contribution in [3.63, 3.8) is 0 Å². The molecule has 2 heteroatoms. The molecule has 16 heavy (non-hydrogen) atoms. The standard InChI is InChI=1S/C14H21NO/c1-3-11-4-6-12(7-5-11)14(15-2)13-8-9-16-10-13/h4-7,13-15H,3,8-10H2,1-2H3. The van der Waals surface area contributed by atoms with E-state index in [-0.39, 0.29) is 0 Å². The van der Waals surface area contributed by atoms with Gasteiger partial charge in [-0.05, 0) is 31.0 Å². The molecule has 0 radical (unpaired) electrons. The Morgan fingerprint density at radius 1 is 1.38 bits per heavy atom. The second kappa shape index (κ2) is 5.46. The van der Waals surface area contributed by atoms with E-state index in [9.17, 15) is 0 Å². The van der Waals surface area contributed by atoms with Crippen molar-refractivity contribution in [2.45, 2.75) is 25.8 Å². The van der Waals surface area contributed by atoms with Crippen LogP contribution >= 0.6 is 0 Å². The summed E-state index contributed by atoms with van der Waals surface area (Å²) in [6.45, 7) is 3.99. The van der Waals surface area contributed by atoms with Crippen LogP contribution in [0.5, 0.6) is 0 Å². The zero-order chi connectivity index (χ0) is 11.4. The van der Waals surface area contributed by atoms with Gasteiger partial charge in [-0.1, -0.05) is 31.2 Å². The number of hydrogen-bond acceptors (Lipinski definition) is 2. The van der Waals surface area contributed by atoms with E-state index in [4.69, 9.17) is 4.74 Å². The molecular weight excluding hydrogens is 198 g/mol. The van der Waals surface area contributed by atoms with Gasteiger partial charge in [0.15, 0.2) is 0 Å². The zero-order valence-electron chi connectivity index (χ0n) is 10.2. The van der Waals surface area contributed by atoms with E-state index in [1.54, 1.807) is 0 Å². The van der Waals surface area contributed by atoms with Crippen LogP contribution < -0.4 is 5.32 Å². The Hall–Kier alpha value is -0.860. The molecule has 0 spiro atoms. The molecule has 1 aliphatic rings. The van der Waals surface area contributed by atoms with Crippen molar-refractivity contribution in [1.82, 2.24) is 5.32 Å². The van der Waals surface area contributed by atoms with E-state index in [0.29, 0.717) is 12.0 Å². The third kappa shape index (κ3) is 2.45. The van der Waals surface area contributed by atoms with Crippen LogP contribution in [0.2, 0.25) is 0 Å². The van der Waals surface area contributed by atoms with Crippen molar-refractivity contribution in [1.29, 1.82) is 0 Å². The molecule has 1 aromatic rings. The molecule has 1 saturated heterocycles. The quantitative estimate of drug-likeness (QED) is 0.840. The topological polar surface area (TPSA) is 21.3 Å². The lowest BCUT2D eigenvalue weighted by molar-refractivity contribution is 0.178. The lowest BCUT2D eigenvalue weighted by Gasteiger charge is -2.22. The van der Waals surface area contributed by atoms with Gasteiger partial charge < -0.3 is 10.1 Å². The van der Waals surface area contributed by atoms with Crippen LogP contribution in [0.25, 0.3) is 0 Å². The monoisotopic (exact) mass is 219 g/mol. The Morgan fingerprint density at radius 2 is 2.12 bits per heavy atom. The first-order chi connectivity index (χ1) is 7.85. The third-order valence-electron chi connectivity index (χ3n) is 3.49. The maximum Gasteiger partial charge on any atom is 0.0513 e. The minimum Gasteiger partial charge on any atom is -0.381 e. The summed E-state index contributed by atoms with van der Waals surface area (Å²) in [4.78, 5) is 0. The highest BCUT2D eigenvalue weighted by Gasteiger charge is 2.25. The summed E-state index contributed by atoms with van der Waals surface area (Å²) in [5.74, 6) is 0.623. The van der Waals surface area contributed by atoms with Gasteiger partial charge in [-0.25, -0.2) is 0 Å². The summed E-state index contributed by atoms with van der Waals surface area (Å²) in [7, 11) is 2.04. The minimum atomic E-state index is 0.438. The first kappa shape index (κ1) is 11.6. The average Bonchev–Trinajstić information content (AvgIpc) is 2.85. The van der Waals surface area contributed by atoms with Crippen molar-refractivity contribution in [2.24, 2.45) is 5.92 Å². The number of nitrogens with one attached hydrogen (secondary N) is 1. The molecule has 0 amide bonds. The van der Waals surface area contributed by atoms with E-state index >= 15 is 0 Å². The highest BCUT2D eigenvalue weighted by atomic mass is 16.5. The molecule has 2 unspecified atom stereocenters. The van der Waals surface area contributed by atoms with Gasteiger partial charge in [-0.15, -0.1) is 0 Å². The van der Waals surface area contributed by atoms with Crippen molar-refractivity contribution < 1.29 is 4.74 Å². The molecule has 2 nitrogen and oxygen atoms in total. The van der Waals surface area contributed by atoms with Crippen LogP contribution in [-0.4, -0.2) is 20.3 Å². The lowest BCUT2D eigenvalue weighted by Crippen LogP contribution is -2.25. The molecule has 0 saturated carbocycles. The van der Waals surface area contributed by atoms with Gasteiger partial charge in [0.05, 0.1) is 6.61 Å². The second-order valence-corrected chi connectivity index (χ2v) is 4.49. The predicted octanol–water partition coefficient (Wildman–Crippen LogP) is 2.55. The molecule has 2 rings (SSSR count). The van der Waals surface area contributed by atoms with Gasteiger partial charge in [0.25, 0.3) is 0 Å². The van der Waals surface area contributed by atoms with E-state index in [1.807, 2.05) is 7.05 Å². The number of hydrogen-bond donors (Lipinski definition) is 1. The molecule has 0 aliphatic carbocycles. The summed E-state index contributed by atoms with van der Waals surface area (Å²) in [6, 6.07) is 9.40. The molecule has 0 bridgehead atoms. The molecule has 1 aliphatic heterocycles. The van der Waals surface area contributed by atoms with Crippen LogP contribution in [0, 0.1) is 5.92 Å².